The van der Waals surface area contributed by atoms with Crippen molar-refractivity contribution < 1.29 is 4.74 Å². The molecule has 0 saturated carbocycles. The number of hydrogen-bond acceptors (Lipinski definition) is 6. The number of aromatic nitrogens is 3. The van der Waals surface area contributed by atoms with Crippen LogP contribution in [0.4, 0.5) is 17.5 Å². The average Bonchev–Trinajstić information content (AvgIpc) is 2.62. The lowest BCUT2D eigenvalue weighted by Crippen LogP contribution is -2.04. The Morgan fingerprint density at radius 3 is 2.78 bits per heavy atom. The minimum atomic E-state index is 0.505. The maximum Gasteiger partial charge on any atom is 0.229 e. The second-order valence-corrected chi connectivity index (χ2v) is 4.81. The fourth-order valence-corrected chi connectivity index (χ4v) is 2.08. The van der Waals surface area contributed by atoms with Crippen LogP contribution in [-0.2, 0) is 6.54 Å². The first-order valence-electron chi connectivity index (χ1n) is 7.21. The van der Waals surface area contributed by atoms with Gasteiger partial charge in [-0.2, -0.15) is 4.98 Å². The second-order valence-electron chi connectivity index (χ2n) is 4.81. The van der Waals surface area contributed by atoms with Crippen molar-refractivity contribution in [2.45, 2.75) is 6.54 Å². The number of ether oxygens (including phenoxy) is 1. The molecule has 6 heteroatoms. The van der Waals surface area contributed by atoms with Gasteiger partial charge in [-0.3, -0.25) is 4.98 Å². The third kappa shape index (κ3) is 3.94. The molecule has 0 radical (unpaired) electrons. The zero-order chi connectivity index (χ0) is 15.9. The van der Waals surface area contributed by atoms with E-state index in [0.717, 1.165) is 22.8 Å². The summed E-state index contributed by atoms with van der Waals surface area (Å²) >= 11 is 0. The van der Waals surface area contributed by atoms with Crippen LogP contribution in [0.15, 0.2) is 61.1 Å². The van der Waals surface area contributed by atoms with Crippen LogP contribution < -0.4 is 15.4 Å². The Bertz CT molecular complexity index is 764. The largest absolute Gasteiger partial charge is 0.495 e. The number of rotatable bonds is 6. The summed E-state index contributed by atoms with van der Waals surface area (Å²) in [5, 5.41) is 6.42. The van der Waals surface area contributed by atoms with Crippen LogP contribution >= 0.6 is 0 Å². The smallest absolute Gasteiger partial charge is 0.229 e. The van der Waals surface area contributed by atoms with Gasteiger partial charge in [0.2, 0.25) is 5.95 Å². The fourth-order valence-electron chi connectivity index (χ4n) is 2.08. The van der Waals surface area contributed by atoms with Crippen molar-refractivity contribution in [1.29, 1.82) is 0 Å². The molecule has 2 N–H and O–H groups in total. The lowest BCUT2D eigenvalue weighted by atomic mass is 10.3. The van der Waals surface area contributed by atoms with Gasteiger partial charge in [0, 0.05) is 25.1 Å². The van der Waals surface area contributed by atoms with E-state index >= 15 is 0 Å². The minimum Gasteiger partial charge on any atom is -0.495 e. The molecule has 0 saturated heterocycles. The van der Waals surface area contributed by atoms with Gasteiger partial charge in [-0.1, -0.05) is 18.2 Å². The summed E-state index contributed by atoms with van der Waals surface area (Å²) in [5.41, 5.74) is 1.91. The maximum atomic E-state index is 5.31. The molecule has 0 unspecified atom stereocenters. The molecule has 0 spiro atoms. The summed E-state index contributed by atoms with van der Waals surface area (Å²) in [6.07, 6.45) is 5.28. The summed E-state index contributed by atoms with van der Waals surface area (Å²) in [7, 11) is 1.63. The van der Waals surface area contributed by atoms with Crippen LogP contribution in [0.1, 0.15) is 5.56 Å². The van der Waals surface area contributed by atoms with Crippen LogP contribution in [0.5, 0.6) is 5.75 Å². The molecule has 0 aliphatic carbocycles. The van der Waals surface area contributed by atoms with E-state index in [9.17, 15) is 0 Å². The SMILES string of the molecule is COc1ccccc1Nc1nccc(NCc2cccnc2)n1. The zero-order valence-corrected chi connectivity index (χ0v) is 12.7. The van der Waals surface area contributed by atoms with Gasteiger partial charge in [0.15, 0.2) is 0 Å². The number of hydrogen-bond donors (Lipinski definition) is 2. The molecule has 2 aromatic heterocycles. The van der Waals surface area contributed by atoms with E-state index in [2.05, 4.69) is 25.6 Å². The highest BCUT2D eigenvalue weighted by atomic mass is 16.5. The molecule has 116 valence electrons. The lowest BCUT2D eigenvalue weighted by molar-refractivity contribution is 0.417. The highest BCUT2D eigenvalue weighted by Gasteiger charge is 2.04. The molecule has 0 aliphatic heterocycles. The van der Waals surface area contributed by atoms with Crippen molar-refractivity contribution in [3.63, 3.8) is 0 Å². The summed E-state index contributed by atoms with van der Waals surface area (Å²) in [4.78, 5) is 12.8. The second kappa shape index (κ2) is 7.22. The number of pyridine rings is 1. The first kappa shape index (κ1) is 14.8. The van der Waals surface area contributed by atoms with Gasteiger partial charge < -0.3 is 15.4 Å². The first-order valence-corrected chi connectivity index (χ1v) is 7.21. The highest BCUT2D eigenvalue weighted by Crippen LogP contribution is 2.25. The molecule has 3 aromatic rings. The van der Waals surface area contributed by atoms with Gasteiger partial charge in [0.05, 0.1) is 12.8 Å². The minimum absolute atomic E-state index is 0.505. The summed E-state index contributed by atoms with van der Waals surface area (Å²) in [6.45, 7) is 0.652. The number of nitrogens with zero attached hydrogens (tertiary/aromatic N) is 3. The molecular formula is C17H17N5O. The molecule has 1 aromatic carbocycles. The molecule has 0 bridgehead atoms. The number of para-hydroxylation sites is 2. The predicted octanol–water partition coefficient (Wildman–Crippen LogP) is 3.24. The highest BCUT2D eigenvalue weighted by molar-refractivity contribution is 5.62. The van der Waals surface area contributed by atoms with Crippen molar-refractivity contribution in [3.8, 4) is 5.75 Å². The Morgan fingerprint density at radius 1 is 1.04 bits per heavy atom. The standard InChI is InChI=1S/C17H17N5O/c1-23-15-7-3-2-6-14(15)21-17-19-10-8-16(22-17)20-12-13-5-4-9-18-11-13/h2-11H,12H2,1H3,(H2,19,20,21,22). The van der Waals surface area contributed by atoms with Crippen LogP contribution in [0.25, 0.3) is 0 Å². The Balaban J connectivity index is 1.70. The van der Waals surface area contributed by atoms with E-state index in [1.807, 2.05) is 48.7 Å². The number of benzene rings is 1. The van der Waals surface area contributed by atoms with E-state index in [1.165, 1.54) is 0 Å². The van der Waals surface area contributed by atoms with Crippen molar-refractivity contribution in [3.05, 3.63) is 66.6 Å². The molecule has 0 atom stereocenters. The topological polar surface area (TPSA) is 72.0 Å². The normalized spacial score (nSPS) is 10.1. The summed E-state index contributed by atoms with van der Waals surface area (Å²) in [6, 6.07) is 13.4. The molecule has 2 heterocycles. The lowest BCUT2D eigenvalue weighted by Gasteiger charge is -2.11. The van der Waals surface area contributed by atoms with Crippen LogP contribution in [0.2, 0.25) is 0 Å². The summed E-state index contributed by atoms with van der Waals surface area (Å²) < 4.78 is 5.31. The molecule has 0 aliphatic rings. The Hall–Kier alpha value is -3.15. The number of anilines is 3. The van der Waals surface area contributed by atoms with E-state index in [0.29, 0.717) is 12.5 Å². The van der Waals surface area contributed by atoms with Crippen LogP contribution in [-0.4, -0.2) is 22.1 Å². The number of methoxy groups -OCH3 is 1. The van der Waals surface area contributed by atoms with Crippen LogP contribution in [0.3, 0.4) is 0 Å². The van der Waals surface area contributed by atoms with Crippen molar-refractivity contribution in [2.24, 2.45) is 0 Å². The van der Waals surface area contributed by atoms with E-state index in [-0.39, 0.29) is 0 Å². The zero-order valence-electron chi connectivity index (χ0n) is 12.7. The molecular weight excluding hydrogens is 290 g/mol. The van der Waals surface area contributed by atoms with Crippen LogP contribution in [0, 0.1) is 0 Å². The van der Waals surface area contributed by atoms with Gasteiger partial charge in [-0.05, 0) is 29.8 Å². The quantitative estimate of drug-likeness (QED) is 0.728. The Morgan fingerprint density at radius 2 is 1.96 bits per heavy atom. The van der Waals surface area contributed by atoms with E-state index in [1.54, 1.807) is 19.5 Å². The monoisotopic (exact) mass is 307 g/mol. The van der Waals surface area contributed by atoms with Gasteiger partial charge >= 0.3 is 0 Å². The molecule has 6 nitrogen and oxygen atoms in total. The van der Waals surface area contributed by atoms with Gasteiger partial charge in [0.1, 0.15) is 11.6 Å². The average molecular weight is 307 g/mol. The number of nitrogens with one attached hydrogen (secondary N) is 2. The van der Waals surface area contributed by atoms with Crippen molar-refractivity contribution >= 4 is 17.5 Å². The fraction of sp³-hybridized carbons (Fsp3) is 0.118. The maximum absolute atomic E-state index is 5.31. The van der Waals surface area contributed by atoms with E-state index in [4.69, 9.17) is 4.74 Å². The Labute approximate surface area is 134 Å². The molecule has 23 heavy (non-hydrogen) atoms. The van der Waals surface area contributed by atoms with Crippen molar-refractivity contribution in [1.82, 2.24) is 15.0 Å². The third-order valence-corrected chi connectivity index (χ3v) is 3.21. The molecule has 3 rings (SSSR count). The first-order chi connectivity index (χ1) is 11.3. The van der Waals surface area contributed by atoms with Crippen molar-refractivity contribution in [2.75, 3.05) is 17.7 Å². The summed E-state index contributed by atoms with van der Waals surface area (Å²) in [5.74, 6) is 1.98. The molecule has 0 fully saturated rings. The van der Waals surface area contributed by atoms with E-state index < -0.39 is 0 Å². The molecule has 0 amide bonds. The van der Waals surface area contributed by atoms with Gasteiger partial charge in [-0.25, -0.2) is 4.98 Å². The Kier molecular flexibility index (Phi) is 4.63. The third-order valence-electron chi connectivity index (χ3n) is 3.21. The van der Waals surface area contributed by atoms with Gasteiger partial charge in [0.25, 0.3) is 0 Å². The predicted molar refractivity (Wildman–Crippen MR) is 89.9 cm³/mol. The van der Waals surface area contributed by atoms with Gasteiger partial charge in [-0.15, -0.1) is 0 Å².